The third kappa shape index (κ3) is 4.87. The Balaban J connectivity index is 1.77. The van der Waals surface area contributed by atoms with Crippen LogP contribution in [0.1, 0.15) is 5.56 Å². The topological polar surface area (TPSA) is 56.8 Å². The Morgan fingerprint density at radius 3 is 2.50 bits per heavy atom. The Labute approximate surface area is 140 Å². The van der Waals surface area contributed by atoms with E-state index in [1.165, 1.54) is 12.1 Å². The van der Waals surface area contributed by atoms with Crippen LogP contribution >= 0.6 is 0 Å². The summed E-state index contributed by atoms with van der Waals surface area (Å²) >= 11 is 0. The molecule has 0 saturated heterocycles. The van der Waals surface area contributed by atoms with Gasteiger partial charge in [0.05, 0.1) is 14.2 Å². The number of carbonyl (C=O) groups excluding carboxylic acids is 1. The van der Waals surface area contributed by atoms with Crippen molar-refractivity contribution < 1.29 is 23.4 Å². The SMILES string of the molecule is COc1ccc(CCNC(=O)COc2ccccc2F)cc1OC. The summed E-state index contributed by atoms with van der Waals surface area (Å²) in [4.78, 5) is 11.7. The summed E-state index contributed by atoms with van der Waals surface area (Å²) < 4.78 is 28.9. The molecular formula is C18H20FNO4. The van der Waals surface area contributed by atoms with E-state index >= 15 is 0 Å². The first-order valence-electron chi connectivity index (χ1n) is 7.49. The summed E-state index contributed by atoms with van der Waals surface area (Å²) in [5.74, 6) is 0.565. The lowest BCUT2D eigenvalue weighted by atomic mass is 10.1. The molecule has 128 valence electrons. The van der Waals surface area contributed by atoms with Crippen LogP contribution < -0.4 is 19.5 Å². The average molecular weight is 333 g/mol. The summed E-state index contributed by atoms with van der Waals surface area (Å²) in [6.07, 6.45) is 0.631. The van der Waals surface area contributed by atoms with E-state index in [0.29, 0.717) is 24.5 Å². The fourth-order valence-corrected chi connectivity index (χ4v) is 2.14. The van der Waals surface area contributed by atoms with E-state index in [9.17, 15) is 9.18 Å². The van der Waals surface area contributed by atoms with Crippen LogP contribution in [0.4, 0.5) is 4.39 Å². The van der Waals surface area contributed by atoms with Gasteiger partial charge in [-0.15, -0.1) is 0 Å². The molecule has 6 heteroatoms. The number of ether oxygens (including phenoxy) is 3. The van der Waals surface area contributed by atoms with Gasteiger partial charge in [-0.1, -0.05) is 18.2 Å². The molecule has 0 fully saturated rings. The van der Waals surface area contributed by atoms with Gasteiger partial charge in [0.1, 0.15) is 0 Å². The van der Waals surface area contributed by atoms with Gasteiger partial charge in [0.2, 0.25) is 0 Å². The number of hydrogen-bond acceptors (Lipinski definition) is 4. The van der Waals surface area contributed by atoms with E-state index in [0.717, 1.165) is 5.56 Å². The van der Waals surface area contributed by atoms with Crippen molar-refractivity contribution in [1.29, 1.82) is 0 Å². The van der Waals surface area contributed by atoms with Crippen LogP contribution in [0.5, 0.6) is 17.2 Å². The predicted octanol–water partition coefficient (Wildman–Crippen LogP) is 2.58. The van der Waals surface area contributed by atoms with Crippen molar-refractivity contribution in [2.75, 3.05) is 27.4 Å². The van der Waals surface area contributed by atoms with Crippen molar-refractivity contribution in [2.24, 2.45) is 0 Å². The number of benzene rings is 2. The molecule has 24 heavy (non-hydrogen) atoms. The molecule has 2 rings (SSSR count). The first-order chi connectivity index (χ1) is 11.6. The van der Waals surface area contributed by atoms with Gasteiger partial charge >= 0.3 is 0 Å². The number of rotatable bonds is 8. The largest absolute Gasteiger partial charge is 0.493 e. The number of carbonyl (C=O) groups is 1. The van der Waals surface area contributed by atoms with Crippen molar-refractivity contribution in [3.63, 3.8) is 0 Å². The maximum absolute atomic E-state index is 13.4. The molecule has 0 spiro atoms. The quantitative estimate of drug-likeness (QED) is 0.807. The van der Waals surface area contributed by atoms with Crippen LogP contribution in [0, 0.1) is 5.82 Å². The van der Waals surface area contributed by atoms with Crippen molar-refractivity contribution in [1.82, 2.24) is 5.32 Å². The van der Waals surface area contributed by atoms with E-state index < -0.39 is 5.82 Å². The van der Waals surface area contributed by atoms with Gasteiger partial charge in [0, 0.05) is 6.54 Å². The number of amides is 1. The molecular weight excluding hydrogens is 313 g/mol. The van der Waals surface area contributed by atoms with Crippen molar-refractivity contribution >= 4 is 5.91 Å². The number of hydrogen-bond donors (Lipinski definition) is 1. The zero-order valence-corrected chi connectivity index (χ0v) is 13.7. The minimum absolute atomic E-state index is 0.0625. The molecule has 0 atom stereocenters. The van der Waals surface area contributed by atoms with E-state index in [2.05, 4.69) is 5.32 Å². The number of methoxy groups -OCH3 is 2. The molecule has 0 bridgehead atoms. The Morgan fingerprint density at radius 2 is 1.79 bits per heavy atom. The fourth-order valence-electron chi connectivity index (χ4n) is 2.14. The van der Waals surface area contributed by atoms with E-state index in [1.807, 2.05) is 18.2 Å². The molecule has 0 aromatic heterocycles. The third-order valence-corrected chi connectivity index (χ3v) is 3.38. The number of para-hydroxylation sites is 1. The van der Waals surface area contributed by atoms with E-state index in [4.69, 9.17) is 14.2 Å². The molecule has 0 saturated carbocycles. The maximum Gasteiger partial charge on any atom is 0.257 e. The Kier molecular flexibility index (Phi) is 6.42. The highest BCUT2D eigenvalue weighted by Gasteiger charge is 2.07. The summed E-state index contributed by atoms with van der Waals surface area (Å²) in [5.41, 5.74) is 1.00. The smallest absolute Gasteiger partial charge is 0.257 e. The van der Waals surface area contributed by atoms with Crippen molar-refractivity contribution in [2.45, 2.75) is 6.42 Å². The van der Waals surface area contributed by atoms with Crippen LogP contribution in [-0.4, -0.2) is 33.3 Å². The molecule has 0 aliphatic heterocycles. The summed E-state index contributed by atoms with van der Waals surface area (Å²) in [6.45, 7) is 0.210. The summed E-state index contributed by atoms with van der Waals surface area (Å²) in [6, 6.07) is 11.6. The van der Waals surface area contributed by atoms with E-state index in [-0.39, 0.29) is 18.3 Å². The van der Waals surface area contributed by atoms with Gasteiger partial charge in [-0.05, 0) is 36.2 Å². The fraction of sp³-hybridized carbons (Fsp3) is 0.278. The summed E-state index contributed by atoms with van der Waals surface area (Å²) in [7, 11) is 3.15. The molecule has 1 N–H and O–H groups in total. The number of nitrogens with one attached hydrogen (secondary N) is 1. The van der Waals surface area contributed by atoms with Crippen molar-refractivity contribution in [3.05, 3.63) is 53.8 Å². The minimum atomic E-state index is -0.490. The second kappa shape index (κ2) is 8.76. The lowest BCUT2D eigenvalue weighted by molar-refractivity contribution is -0.123. The molecule has 0 aliphatic rings. The standard InChI is InChI=1S/C18H20FNO4/c1-22-16-8-7-13(11-17(16)23-2)9-10-20-18(21)12-24-15-6-4-3-5-14(15)19/h3-8,11H,9-10,12H2,1-2H3,(H,20,21). The average Bonchev–Trinajstić information content (AvgIpc) is 2.61. The molecule has 2 aromatic rings. The molecule has 1 amide bonds. The Morgan fingerprint density at radius 1 is 1.04 bits per heavy atom. The highest BCUT2D eigenvalue weighted by molar-refractivity contribution is 5.77. The molecule has 0 radical (unpaired) electrons. The maximum atomic E-state index is 13.4. The van der Waals surface area contributed by atoms with Gasteiger partial charge in [0.15, 0.2) is 29.7 Å². The Bertz CT molecular complexity index is 690. The minimum Gasteiger partial charge on any atom is -0.493 e. The highest BCUT2D eigenvalue weighted by Crippen LogP contribution is 2.27. The monoisotopic (exact) mass is 333 g/mol. The van der Waals surface area contributed by atoms with Crippen LogP contribution in [0.25, 0.3) is 0 Å². The van der Waals surface area contributed by atoms with Crippen LogP contribution in [-0.2, 0) is 11.2 Å². The molecule has 0 heterocycles. The van der Waals surface area contributed by atoms with Gasteiger partial charge < -0.3 is 19.5 Å². The van der Waals surface area contributed by atoms with Gasteiger partial charge in [-0.25, -0.2) is 4.39 Å². The third-order valence-electron chi connectivity index (χ3n) is 3.38. The Hall–Kier alpha value is -2.76. The first-order valence-corrected chi connectivity index (χ1v) is 7.49. The molecule has 2 aromatic carbocycles. The zero-order valence-electron chi connectivity index (χ0n) is 13.7. The molecule has 5 nitrogen and oxygen atoms in total. The van der Waals surface area contributed by atoms with Gasteiger partial charge in [0.25, 0.3) is 5.91 Å². The summed E-state index contributed by atoms with van der Waals surface area (Å²) in [5, 5.41) is 2.73. The van der Waals surface area contributed by atoms with E-state index in [1.54, 1.807) is 26.4 Å². The second-order valence-corrected chi connectivity index (χ2v) is 5.01. The van der Waals surface area contributed by atoms with Crippen LogP contribution in [0.3, 0.4) is 0 Å². The normalized spacial score (nSPS) is 10.1. The van der Waals surface area contributed by atoms with Crippen LogP contribution in [0.15, 0.2) is 42.5 Å². The molecule has 0 aliphatic carbocycles. The predicted molar refractivity (Wildman–Crippen MR) is 88.2 cm³/mol. The first kappa shape index (κ1) is 17.6. The lowest BCUT2D eigenvalue weighted by Crippen LogP contribution is -2.30. The zero-order chi connectivity index (χ0) is 17.4. The second-order valence-electron chi connectivity index (χ2n) is 5.01. The lowest BCUT2D eigenvalue weighted by Gasteiger charge is -2.10. The van der Waals surface area contributed by atoms with Gasteiger partial charge in [-0.2, -0.15) is 0 Å². The molecule has 0 unspecified atom stereocenters. The van der Waals surface area contributed by atoms with Crippen LogP contribution in [0.2, 0.25) is 0 Å². The number of halogens is 1. The van der Waals surface area contributed by atoms with Crippen molar-refractivity contribution in [3.8, 4) is 17.2 Å². The highest BCUT2D eigenvalue weighted by atomic mass is 19.1. The van der Waals surface area contributed by atoms with Gasteiger partial charge in [-0.3, -0.25) is 4.79 Å².